The molecule has 1 N–H and O–H groups in total. The lowest BCUT2D eigenvalue weighted by Gasteiger charge is -2.38. The van der Waals surface area contributed by atoms with E-state index in [4.69, 9.17) is 4.98 Å². The molecule has 0 bridgehead atoms. The zero-order valence-corrected chi connectivity index (χ0v) is 13.4. The summed E-state index contributed by atoms with van der Waals surface area (Å²) in [6, 6.07) is 7.07. The van der Waals surface area contributed by atoms with Gasteiger partial charge >= 0.3 is 0 Å². The third-order valence-corrected chi connectivity index (χ3v) is 4.57. The van der Waals surface area contributed by atoms with Crippen LogP contribution in [0, 0.1) is 5.41 Å². The molecule has 20 heavy (non-hydrogen) atoms. The Hall–Kier alpha value is -0.930. The van der Waals surface area contributed by atoms with Crippen LogP contribution in [0.2, 0.25) is 0 Å². The average molecular weight is 275 g/mol. The summed E-state index contributed by atoms with van der Waals surface area (Å²) in [6.45, 7) is 6.59. The molecule has 0 atom stereocenters. The van der Waals surface area contributed by atoms with Gasteiger partial charge in [-0.15, -0.1) is 0 Å². The Kier molecular flexibility index (Phi) is 5.17. The molecular formula is C17H29N3. The van der Waals surface area contributed by atoms with Gasteiger partial charge in [-0.3, -0.25) is 9.88 Å². The molecule has 1 aliphatic rings. The predicted molar refractivity (Wildman–Crippen MR) is 84.5 cm³/mol. The van der Waals surface area contributed by atoms with E-state index < -0.39 is 0 Å². The van der Waals surface area contributed by atoms with E-state index >= 15 is 0 Å². The Labute approximate surface area is 123 Å². The number of hydrogen-bond donors (Lipinski definition) is 1. The topological polar surface area (TPSA) is 28.2 Å². The Morgan fingerprint density at radius 3 is 2.55 bits per heavy atom. The highest BCUT2D eigenvalue weighted by Crippen LogP contribution is 2.36. The number of nitrogens with zero attached hydrogens (tertiary/aromatic N) is 2. The predicted octanol–water partition coefficient (Wildman–Crippen LogP) is 3.20. The number of hydrogen-bond acceptors (Lipinski definition) is 3. The Bertz CT molecular complexity index is 418. The summed E-state index contributed by atoms with van der Waals surface area (Å²) in [5, 5.41) is 3.16. The zero-order valence-electron chi connectivity index (χ0n) is 13.4. The third-order valence-electron chi connectivity index (χ3n) is 4.57. The Morgan fingerprint density at radius 2 is 1.90 bits per heavy atom. The van der Waals surface area contributed by atoms with E-state index in [0.29, 0.717) is 5.41 Å². The number of pyridine rings is 1. The maximum atomic E-state index is 4.72. The van der Waals surface area contributed by atoms with Crippen molar-refractivity contribution in [3.8, 4) is 0 Å². The van der Waals surface area contributed by atoms with Gasteiger partial charge in [0.1, 0.15) is 0 Å². The molecule has 112 valence electrons. The van der Waals surface area contributed by atoms with Gasteiger partial charge in [0.2, 0.25) is 0 Å². The van der Waals surface area contributed by atoms with Crippen molar-refractivity contribution in [1.82, 2.24) is 15.2 Å². The van der Waals surface area contributed by atoms with E-state index in [9.17, 15) is 0 Å². The van der Waals surface area contributed by atoms with Crippen molar-refractivity contribution >= 4 is 0 Å². The number of rotatable bonds is 5. The second kappa shape index (κ2) is 6.68. The minimum atomic E-state index is 0.544. The second-order valence-electron chi connectivity index (χ2n) is 6.96. The summed E-state index contributed by atoms with van der Waals surface area (Å²) < 4.78 is 0. The molecule has 1 aromatic heterocycles. The van der Waals surface area contributed by atoms with E-state index in [1.165, 1.54) is 31.4 Å². The van der Waals surface area contributed by atoms with Gasteiger partial charge in [0.15, 0.2) is 0 Å². The largest absolute Gasteiger partial charge is 0.314 e. The van der Waals surface area contributed by atoms with E-state index in [2.05, 4.69) is 49.3 Å². The molecule has 3 heteroatoms. The lowest BCUT2D eigenvalue weighted by Crippen LogP contribution is -2.37. The fourth-order valence-electron chi connectivity index (χ4n) is 3.11. The van der Waals surface area contributed by atoms with Crippen LogP contribution in [0.5, 0.6) is 0 Å². The van der Waals surface area contributed by atoms with Gasteiger partial charge in [0.05, 0.1) is 11.4 Å². The number of aromatic nitrogens is 1. The van der Waals surface area contributed by atoms with Crippen molar-refractivity contribution in [3.63, 3.8) is 0 Å². The monoisotopic (exact) mass is 275 g/mol. The van der Waals surface area contributed by atoms with Crippen molar-refractivity contribution in [2.45, 2.75) is 58.7 Å². The standard InChI is InChI=1S/C17H29N3/c1-17(2)10-8-16(9-11-17)20(4)13-15-7-5-6-14(19-15)12-18-3/h5-7,16,18H,8-13H2,1-4H3. The highest BCUT2D eigenvalue weighted by Gasteiger charge is 2.28. The van der Waals surface area contributed by atoms with Crippen LogP contribution in [0.1, 0.15) is 50.9 Å². The molecular weight excluding hydrogens is 246 g/mol. The first-order chi connectivity index (χ1) is 9.50. The Balaban J connectivity index is 1.91. The molecule has 1 saturated carbocycles. The van der Waals surface area contributed by atoms with Gasteiger partial charge in [-0.1, -0.05) is 19.9 Å². The molecule has 2 rings (SSSR count). The molecule has 1 aliphatic carbocycles. The van der Waals surface area contributed by atoms with E-state index in [1.54, 1.807) is 0 Å². The highest BCUT2D eigenvalue weighted by atomic mass is 15.1. The van der Waals surface area contributed by atoms with E-state index in [1.807, 2.05) is 7.05 Å². The van der Waals surface area contributed by atoms with Crippen molar-refractivity contribution in [2.75, 3.05) is 14.1 Å². The summed E-state index contributed by atoms with van der Waals surface area (Å²) in [5.41, 5.74) is 2.86. The molecule has 0 aromatic carbocycles. The summed E-state index contributed by atoms with van der Waals surface area (Å²) in [7, 11) is 4.21. The van der Waals surface area contributed by atoms with Gasteiger partial charge in [0, 0.05) is 19.1 Å². The maximum absolute atomic E-state index is 4.72. The number of nitrogens with one attached hydrogen (secondary N) is 1. The van der Waals surface area contributed by atoms with Gasteiger partial charge in [-0.25, -0.2) is 0 Å². The molecule has 1 aromatic rings. The molecule has 0 aliphatic heterocycles. The zero-order chi connectivity index (χ0) is 14.6. The minimum absolute atomic E-state index is 0.544. The first-order valence-electron chi connectivity index (χ1n) is 7.80. The molecule has 0 saturated heterocycles. The summed E-state index contributed by atoms with van der Waals surface area (Å²) in [6.07, 6.45) is 5.32. The van der Waals surface area contributed by atoms with Gasteiger partial charge in [-0.2, -0.15) is 0 Å². The molecule has 0 amide bonds. The van der Waals surface area contributed by atoms with Crippen LogP contribution < -0.4 is 5.32 Å². The van der Waals surface area contributed by atoms with Crippen LogP contribution in [-0.2, 0) is 13.1 Å². The van der Waals surface area contributed by atoms with Crippen molar-refractivity contribution in [3.05, 3.63) is 29.6 Å². The first kappa shape index (κ1) is 15.5. The molecule has 1 fully saturated rings. The summed E-state index contributed by atoms with van der Waals surface area (Å²) in [4.78, 5) is 7.21. The quantitative estimate of drug-likeness (QED) is 0.894. The fourth-order valence-corrected chi connectivity index (χ4v) is 3.11. The lowest BCUT2D eigenvalue weighted by atomic mass is 9.75. The SMILES string of the molecule is CNCc1cccc(CN(C)C2CCC(C)(C)CC2)n1. The summed E-state index contributed by atoms with van der Waals surface area (Å²) in [5.74, 6) is 0. The smallest absolute Gasteiger partial charge is 0.0547 e. The van der Waals surface area contributed by atoms with E-state index in [-0.39, 0.29) is 0 Å². The van der Waals surface area contributed by atoms with Gasteiger partial charge < -0.3 is 5.32 Å². The third kappa shape index (κ3) is 4.29. The van der Waals surface area contributed by atoms with Crippen LogP contribution in [0.15, 0.2) is 18.2 Å². The van der Waals surface area contributed by atoms with Gasteiger partial charge in [0.25, 0.3) is 0 Å². The first-order valence-corrected chi connectivity index (χ1v) is 7.80. The Morgan fingerprint density at radius 1 is 1.25 bits per heavy atom. The molecule has 3 nitrogen and oxygen atoms in total. The molecule has 0 radical (unpaired) electrons. The molecule has 1 heterocycles. The normalized spacial score (nSPS) is 19.4. The van der Waals surface area contributed by atoms with Gasteiger partial charge in [-0.05, 0) is 57.3 Å². The second-order valence-corrected chi connectivity index (χ2v) is 6.96. The molecule has 0 unspecified atom stereocenters. The van der Waals surface area contributed by atoms with Crippen LogP contribution in [0.4, 0.5) is 0 Å². The van der Waals surface area contributed by atoms with Crippen LogP contribution in [0.3, 0.4) is 0 Å². The fraction of sp³-hybridized carbons (Fsp3) is 0.706. The minimum Gasteiger partial charge on any atom is -0.314 e. The van der Waals surface area contributed by atoms with Crippen molar-refractivity contribution < 1.29 is 0 Å². The average Bonchev–Trinajstić information content (AvgIpc) is 2.39. The summed E-state index contributed by atoms with van der Waals surface area (Å²) >= 11 is 0. The van der Waals surface area contributed by atoms with Crippen LogP contribution in [-0.4, -0.2) is 30.0 Å². The van der Waals surface area contributed by atoms with Crippen LogP contribution >= 0.6 is 0 Å². The lowest BCUT2D eigenvalue weighted by molar-refractivity contribution is 0.122. The van der Waals surface area contributed by atoms with Crippen molar-refractivity contribution in [2.24, 2.45) is 5.41 Å². The van der Waals surface area contributed by atoms with Crippen LogP contribution in [0.25, 0.3) is 0 Å². The maximum Gasteiger partial charge on any atom is 0.0547 e. The molecule has 0 spiro atoms. The highest BCUT2D eigenvalue weighted by molar-refractivity contribution is 5.11. The van der Waals surface area contributed by atoms with E-state index in [0.717, 1.165) is 24.8 Å². The van der Waals surface area contributed by atoms with Crippen molar-refractivity contribution in [1.29, 1.82) is 0 Å².